The summed E-state index contributed by atoms with van der Waals surface area (Å²) in [6.07, 6.45) is -0.897. The van der Waals surface area contributed by atoms with Gasteiger partial charge in [-0.2, -0.15) is 0 Å². The van der Waals surface area contributed by atoms with Gasteiger partial charge in [0.05, 0.1) is 14.2 Å². The Kier molecular flexibility index (Phi) is 4.48. The topological polar surface area (TPSA) is 89.9 Å². The first-order chi connectivity index (χ1) is 8.72. The van der Waals surface area contributed by atoms with Gasteiger partial charge in [0.2, 0.25) is 0 Å². The number of halogens is 1. The number of carbonyl (C=O) groups excluding carboxylic acids is 1. The van der Waals surface area contributed by atoms with Crippen molar-refractivity contribution in [1.29, 1.82) is 0 Å². The molecule has 8 heteroatoms. The van der Waals surface area contributed by atoms with Gasteiger partial charge in [0, 0.05) is 6.26 Å². The van der Waals surface area contributed by atoms with Gasteiger partial charge < -0.3 is 14.6 Å². The lowest BCUT2D eigenvalue weighted by Gasteiger charge is -2.13. The number of ether oxygens (including phenoxy) is 2. The lowest BCUT2D eigenvalue weighted by molar-refractivity contribution is -0.150. The zero-order valence-electron chi connectivity index (χ0n) is 10.5. The molecule has 0 heterocycles. The zero-order valence-corrected chi connectivity index (χ0v) is 11.3. The molecule has 1 unspecified atom stereocenters. The van der Waals surface area contributed by atoms with Crippen LogP contribution >= 0.6 is 0 Å². The molecule has 1 aromatic rings. The van der Waals surface area contributed by atoms with E-state index in [-0.39, 0.29) is 11.3 Å². The second kappa shape index (κ2) is 5.54. The molecule has 0 fully saturated rings. The van der Waals surface area contributed by atoms with E-state index in [9.17, 15) is 22.7 Å². The molecular formula is C11H13FO6S. The fourth-order valence-corrected chi connectivity index (χ4v) is 2.43. The van der Waals surface area contributed by atoms with E-state index in [0.717, 1.165) is 32.6 Å². The van der Waals surface area contributed by atoms with E-state index in [2.05, 4.69) is 4.74 Å². The molecule has 1 N–H and O–H groups in total. The second-order valence-corrected chi connectivity index (χ2v) is 5.68. The lowest BCUT2D eigenvalue weighted by Crippen LogP contribution is -2.15. The van der Waals surface area contributed by atoms with Crippen LogP contribution in [0.15, 0.2) is 17.0 Å². The van der Waals surface area contributed by atoms with Crippen molar-refractivity contribution in [2.24, 2.45) is 0 Å². The largest absolute Gasteiger partial charge is 0.495 e. The minimum atomic E-state index is -3.84. The number of sulfone groups is 1. The maximum absolute atomic E-state index is 13.8. The van der Waals surface area contributed by atoms with Crippen LogP contribution in [0, 0.1) is 5.82 Å². The quantitative estimate of drug-likeness (QED) is 0.810. The molecule has 0 bridgehead atoms. The Morgan fingerprint density at radius 2 is 1.95 bits per heavy atom. The zero-order chi connectivity index (χ0) is 14.8. The third-order valence-electron chi connectivity index (χ3n) is 2.36. The van der Waals surface area contributed by atoms with Gasteiger partial charge >= 0.3 is 5.97 Å². The fourth-order valence-electron chi connectivity index (χ4n) is 1.51. The van der Waals surface area contributed by atoms with Crippen molar-refractivity contribution in [2.75, 3.05) is 20.5 Å². The molecule has 0 aliphatic rings. The molecule has 1 aromatic carbocycles. The summed E-state index contributed by atoms with van der Waals surface area (Å²) in [5.74, 6) is -2.39. The highest BCUT2D eigenvalue weighted by atomic mass is 32.2. The van der Waals surface area contributed by atoms with Gasteiger partial charge in [-0.15, -0.1) is 0 Å². The molecule has 0 radical (unpaired) electrons. The van der Waals surface area contributed by atoms with Gasteiger partial charge in [-0.1, -0.05) is 0 Å². The number of hydrogen-bond acceptors (Lipinski definition) is 6. The van der Waals surface area contributed by atoms with Crippen molar-refractivity contribution >= 4 is 15.8 Å². The van der Waals surface area contributed by atoms with Crippen LogP contribution in [0.3, 0.4) is 0 Å². The predicted octanol–water partition coefficient (Wildman–Crippen LogP) is 0.444. The summed E-state index contributed by atoms with van der Waals surface area (Å²) in [6, 6.07) is 1.82. The van der Waals surface area contributed by atoms with E-state index in [4.69, 9.17) is 4.74 Å². The van der Waals surface area contributed by atoms with Crippen molar-refractivity contribution in [3.05, 3.63) is 23.5 Å². The number of methoxy groups -OCH3 is 2. The predicted molar refractivity (Wildman–Crippen MR) is 63.0 cm³/mol. The van der Waals surface area contributed by atoms with E-state index in [1.165, 1.54) is 0 Å². The van der Waals surface area contributed by atoms with Crippen molar-refractivity contribution in [1.82, 2.24) is 0 Å². The highest BCUT2D eigenvalue weighted by Crippen LogP contribution is 2.30. The molecule has 1 atom stereocenters. The molecule has 0 aromatic heterocycles. The Balaban J connectivity index is 3.44. The van der Waals surface area contributed by atoms with E-state index in [1.54, 1.807) is 0 Å². The molecule has 0 saturated carbocycles. The van der Waals surface area contributed by atoms with Gasteiger partial charge in [0.25, 0.3) is 0 Å². The van der Waals surface area contributed by atoms with Crippen LogP contribution < -0.4 is 4.74 Å². The Bertz CT molecular complexity index is 595. The van der Waals surface area contributed by atoms with Crippen LogP contribution in [0.25, 0.3) is 0 Å². The highest BCUT2D eigenvalue weighted by Gasteiger charge is 2.25. The van der Waals surface area contributed by atoms with Crippen molar-refractivity contribution in [3.8, 4) is 5.75 Å². The molecule has 0 amide bonds. The minimum absolute atomic E-state index is 0.159. The highest BCUT2D eigenvalue weighted by molar-refractivity contribution is 7.90. The summed E-state index contributed by atoms with van der Waals surface area (Å²) in [7, 11) is -1.63. The van der Waals surface area contributed by atoms with E-state index in [0.29, 0.717) is 0 Å². The Morgan fingerprint density at radius 3 is 2.37 bits per heavy atom. The number of carbonyl (C=O) groups is 1. The van der Waals surface area contributed by atoms with E-state index < -0.39 is 32.6 Å². The molecule has 0 aliphatic carbocycles. The smallest absolute Gasteiger partial charge is 0.339 e. The number of benzene rings is 1. The van der Waals surface area contributed by atoms with Gasteiger partial charge in [-0.3, -0.25) is 0 Å². The van der Waals surface area contributed by atoms with Crippen molar-refractivity contribution in [3.63, 3.8) is 0 Å². The molecule has 6 nitrogen and oxygen atoms in total. The molecule has 0 spiro atoms. The van der Waals surface area contributed by atoms with Crippen LogP contribution in [-0.4, -0.2) is 40.0 Å². The average molecular weight is 292 g/mol. The Morgan fingerprint density at radius 1 is 1.37 bits per heavy atom. The summed E-state index contributed by atoms with van der Waals surface area (Å²) < 4.78 is 45.7. The van der Waals surface area contributed by atoms with Gasteiger partial charge in [-0.05, 0) is 17.7 Å². The fraction of sp³-hybridized carbons (Fsp3) is 0.364. The van der Waals surface area contributed by atoms with Crippen molar-refractivity contribution < 1.29 is 32.2 Å². The SMILES string of the molecule is COC(=O)C(O)c1cc(F)c(S(C)(=O)=O)c(OC)c1. The summed E-state index contributed by atoms with van der Waals surface area (Å²) in [6.45, 7) is 0. The number of esters is 1. The van der Waals surface area contributed by atoms with E-state index in [1.807, 2.05) is 0 Å². The monoisotopic (exact) mass is 292 g/mol. The summed E-state index contributed by atoms with van der Waals surface area (Å²) in [5.41, 5.74) is -0.159. The van der Waals surface area contributed by atoms with Crippen LogP contribution in [0.5, 0.6) is 5.75 Å². The van der Waals surface area contributed by atoms with E-state index >= 15 is 0 Å². The molecular weight excluding hydrogens is 279 g/mol. The van der Waals surface area contributed by atoms with Gasteiger partial charge in [0.15, 0.2) is 15.9 Å². The van der Waals surface area contributed by atoms with Crippen LogP contribution in [-0.2, 0) is 19.4 Å². The summed E-state index contributed by atoms with van der Waals surface area (Å²) >= 11 is 0. The van der Waals surface area contributed by atoms with Crippen molar-refractivity contribution in [2.45, 2.75) is 11.0 Å². The van der Waals surface area contributed by atoms with Crippen LogP contribution in [0.2, 0.25) is 0 Å². The standard InChI is InChI=1S/C11H13FO6S/c1-17-8-5-6(9(13)11(14)18-2)4-7(12)10(8)19(3,15)16/h4-5,9,13H,1-3H3. The molecule has 0 saturated heterocycles. The molecule has 1 rings (SSSR count). The van der Waals surface area contributed by atoms with Crippen LogP contribution in [0.4, 0.5) is 4.39 Å². The first kappa shape index (κ1) is 15.4. The van der Waals surface area contributed by atoms with Gasteiger partial charge in [0.1, 0.15) is 16.5 Å². The first-order valence-corrected chi connectivity index (χ1v) is 6.95. The molecule has 106 valence electrons. The maximum atomic E-state index is 13.8. The lowest BCUT2D eigenvalue weighted by atomic mass is 10.1. The third-order valence-corrected chi connectivity index (χ3v) is 3.50. The number of aliphatic hydroxyl groups excluding tert-OH is 1. The second-order valence-electron chi connectivity index (χ2n) is 3.73. The maximum Gasteiger partial charge on any atom is 0.339 e. The number of aliphatic hydroxyl groups is 1. The number of rotatable bonds is 4. The average Bonchev–Trinajstić information content (AvgIpc) is 2.34. The molecule has 19 heavy (non-hydrogen) atoms. The third kappa shape index (κ3) is 3.21. The molecule has 0 aliphatic heterocycles. The summed E-state index contributed by atoms with van der Waals surface area (Å²) in [5, 5.41) is 9.58. The van der Waals surface area contributed by atoms with Gasteiger partial charge in [-0.25, -0.2) is 17.6 Å². The number of hydrogen-bond donors (Lipinski definition) is 1. The Hall–Kier alpha value is -1.67. The first-order valence-electron chi connectivity index (χ1n) is 5.05. The minimum Gasteiger partial charge on any atom is -0.495 e. The van der Waals surface area contributed by atoms with Crippen LogP contribution in [0.1, 0.15) is 11.7 Å². The Labute approximate surface area is 109 Å². The summed E-state index contributed by atoms with van der Waals surface area (Å²) in [4.78, 5) is 10.5. The normalized spacial score (nSPS) is 12.9.